The van der Waals surface area contributed by atoms with Crippen molar-refractivity contribution in [2.24, 2.45) is 4.99 Å². The fourth-order valence-corrected chi connectivity index (χ4v) is 6.08. The first-order valence-electron chi connectivity index (χ1n) is 10.1. The Morgan fingerprint density at radius 2 is 1.92 bits per heavy atom. The van der Waals surface area contributed by atoms with Crippen LogP contribution in [0.25, 0.3) is 0 Å². The van der Waals surface area contributed by atoms with Gasteiger partial charge in [-0.05, 0) is 25.7 Å². The molecule has 1 aliphatic heterocycles. The smallest absolute Gasteiger partial charge is 0.221 e. The van der Waals surface area contributed by atoms with E-state index in [0.29, 0.717) is 23.8 Å². The summed E-state index contributed by atoms with van der Waals surface area (Å²) in [6.45, 7) is 2.83. The normalized spacial score (nSPS) is 23.6. The van der Waals surface area contributed by atoms with Gasteiger partial charge >= 0.3 is 0 Å². The minimum absolute atomic E-state index is 0. The van der Waals surface area contributed by atoms with Crippen LogP contribution in [0.15, 0.2) is 4.99 Å². The van der Waals surface area contributed by atoms with Gasteiger partial charge in [0.2, 0.25) is 5.91 Å². The molecule has 3 rings (SSSR count). The third-order valence-electron chi connectivity index (χ3n) is 5.88. The Kier molecular flexibility index (Phi) is 9.33. The molecule has 26 heavy (non-hydrogen) atoms. The molecule has 0 aromatic rings. The highest BCUT2D eigenvalue weighted by molar-refractivity contribution is 14.0. The Hall–Kier alpha value is -0.180. The van der Waals surface area contributed by atoms with Crippen molar-refractivity contribution in [3.8, 4) is 0 Å². The van der Waals surface area contributed by atoms with Crippen LogP contribution in [-0.2, 0) is 4.79 Å². The van der Waals surface area contributed by atoms with Gasteiger partial charge in [-0.15, -0.1) is 24.0 Å². The summed E-state index contributed by atoms with van der Waals surface area (Å²) in [6.07, 6.45) is 12.2. The Morgan fingerprint density at radius 1 is 1.19 bits per heavy atom. The molecule has 2 aliphatic carbocycles. The molecule has 1 saturated heterocycles. The number of hydrogen-bond donors (Lipinski definition) is 2. The number of thioether (sulfide) groups is 1. The van der Waals surface area contributed by atoms with Crippen molar-refractivity contribution in [1.29, 1.82) is 0 Å². The van der Waals surface area contributed by atoms with Crippen molar-refractivity contribution < 1.29 is 4.79 Å². The third kappa shape index (κ3) is 6.17. The average molecular weight is 494 g/mol. The number of halogens is 1. The van der Waals surface area contributed by atoms with Gasteiger partial charge < -0.3 is 15.5 Å². The summed E-state index contributed by atoms with van der Waals surface area (Å²) < 4.78 is 0.438. The molecule has 0 atom stereocenters. The zero-order chi connectivity index (χ0) is 17.5. The highest BCUT2D eigenvalue weighted by Crippen LogP contribution is 2.42. The first-order chi connectivity index (χ1) is 12.2. The monoisotopic (exact) mass is 494 g/mol. The molecule has 3 fully saturated rings. The lowest BCUT2D eigenvalue weighted by Gasteiger charge is -2.45. The van der Waals surface area contributed by atoms with Crippen molar-refractivity contribution >= 4 is 47.6 Å². The van der Waals surface area contributed by atoms with Gasteiger partial charge in [0, 0.05) is 49.6 Å². The lowest BCUT2D eigenvalue weighted by molar-refractivity contribution is -0.121. The summed E-state index contributed by atoms with van der Waals surface area (Å²) in [5.41, 5.74) is 0. The second kappa shape index (κ2) is 11.0. The van der Waals surface area contributed by atoms with Crippen LogP contribution in [0, 0.1) is 0 Å². The van der Waals surface area contributed by atoms with Gasteiger partial charge in [0.15, 0.2) is 5.96 Å². The molecular formula is C19H35IN4OS. The highest BCUT2D eigenvalue weighted by atomic mass is 127. The van der Waals surface area contributed by atoms with Gasteiger partial charge in [-0.2, -0.15) is 11.8 Å². The lowest BCUT2D eigenvalue weighted by atomic mass is 9.87. The van der Waals surface area contributed by atoms with Gasteiger partial charge in [0.1, 0.15) is 0 Å². The number of hydrogen-bond acceptors (Lipinski definition) is 3. The van der Waals surface area contributed by atoms with Crippen LogP contribution in [0.3, 0.4) is 0 Å². The fourth-order valence-electron chi connectivity index (χ4n) is 4.51. The summed E-state index contributed by atoms with van der Waals surface area (Å²) in [6, 6.07) is 0.414. The maximum absolute atomic E-state index is 12.1. The van der Waals surface area contributed by atoms with E-state index in [0.717, 1.165) is 31.9 Å². The maximum atomic E-state index is 12.1. The molecule has 0 aromatic heterocycles. The predicted molar refractivity (Wildman–Crippen MR) is 122 cm³/mol. The van der Waals surface area contributed by atoms with Crippen LogP contribution >= 0.6 is 35.7 Å². The van der Waals surface area contributed by atoms with Crippen LogP contribution in [0.5, 0.6) is 0 Å². The molecule has 150 valence electrons. The Labute approximate surface area is 179 Å². The van der Waals surface area contributed by atoms with Crippen LogP contribution in [0.2, 0.25) is 0 Å². The van der Waals surface area contributed by atoms with E-state index in [1.807, 2.05) is 7.05 Å². The summed E-state index contributed by atoms with van der Waals surface area (Å²) >= 11 is 2.18. The molecule has 1 amide bonds. The molecule has 0 radical (unpaired) electrons. The minimum atomic E-state index is 0. The highest BCUT2D eigenvalue weighted by Gasteiger charge is 2.38. The van der Waals surface area contributed by atoms with Crippen molar-refractivity contribution in [2.75, 3.05) is 32.4 Å². The van der Waals surface area contributed by atoms with E-state index in [9.17, 15) is 4.79 Å². The SMILES string of the molecule is CN=C(NCCC(=O)NC1CCCC1)N1CCSC2(CCCCC2)C1.I. The van der Waals surface area contributed by atoms with E-state index in [4.69, 9.17) is 0 Å². The quantitative estimate of drug-likeness (QED) is 0.358. The second-order valence-electron chi connectivity index (χ2n) is 7.79. The van der Waals surface area contributed by atoms with E-state index in [2.05, 4.69) is 32.3 Å². The molecule has 2 saturated carbocycles. The van der Waals surface area contributed by atoms with Crippen molar-refractivity contribution in [3.63, 3.8) is 0 Å². The maximum Gasteiger partial charge on any atom is 0.221 e. The molecule has 7 heteroatoms. The van der Waals surface area contributed by atoms with Crippen molar-refractivity contribution in [2.45, 2.75) is 75.0 Å². The van der Waals surface area contributed by atoms with Crippen LogP contribution in [0.4, 0.5) is 0 Å². The van der Waals surface area contributed by atoms with Crippen LogP contribution < -0.4 is 10.6 Å². The minimum Gasteiger partial charge on any atom is -0.356 e. The van der Waals surface area contributed by atoms with Gasteiger partial charge in [0.25, 0.3) is 0 Å². The van der Waals surface area contributed by atoms with E-state index >= 15 is 0 Å². The third-order valence-corrected chi connectivity index (χ3v) is 7.42. The number of carbonyl (C=O) groups excluding carboxylic acids is 1. The molecule has 0 bridgehead atoms. The van der Waals surface area contributed by atoms with Crippen LogP contribution in [0.1, 0.15) is 64.2 Å². The molecule has 0 aromatic carbocycles. The largest absolute Gasteiger partial charge is 0.356 e. The number of rotatable bonds is 4. The molecule has 0 unspecified atom stereocenters. The Morgan fingerprint density at radius 3 is 2.62 bits per heavy atom. The van der Waals surface area contributed by atoms with E-state index in [1.165, 1.54) is 50.7 Å². The van der Waals surface area contributed by atoms with Gasteiger partial charge in [-0.3, -0.25) is 9.79 Å². The van der Waals surface area contributed by atoms with E-state index < -0.39 is 0 Å². The molecule has 3 aliphatic rings. The number of guanidine groups is 1. The second-order valence-corrected chi connectivity index (χ2v) is 9.35. The summed E-state index contributed by atoms with van der Waals surface area (Å²) in [7, 11) is 1.86. The number of nitrogens with one attached hydrogen (secondary N) is 2. The molecule has 1 spiro atoms. The van der Waals surface area contributed by atoms with Gasteiger partial charge in [0.05, 0.1) is 0 Å². The first-order valence-corrected chi connectivity index (χ1v) is 11.1. The Bertz CT molecular complexity index is 471. The predicted octanol–water partition coefficient (Wildman–Crippen LogP) is 3.38. The zero-order valence-electron chi connectivity index (χ0n) is 16.1. The Balaban J connectivity index is 0.00000243. The zero-order valence-corrected chi connectivity index (χ0v) is 19.2. The topological polar surface area (TPSA) is 56.7 Å². The summed E-state index contributed by atoms with van der Waals surface area (Å²) in [4.78, 5) is 19.0. The van der Waals surface area contributed by atoms with E-state index in [-0.39, 0.29) is 29.9 Å². The fraction of sp³-hybridized carbons (Fsp3) is 0.895. The summed E-state index contributed by atoms with van der Waals surface area (Å²) in [5, 5.41) is 6.58. The van der Waals surface area contributed by atoms with Crippen molar-refractivity contribution in [1.82, 2.24) is 15.5 Å². The van der Waals surface area contributed by atoms with Gasteiger partial charge in [-0.1, -0.05) is 32.1 Å². The summed E-state index contributed by atoms with van der Waals surface area (Å²) in [5.74, 6) is 2.33. The average Bonchev–Trinajstić information content (AvgIpc) is 3.12. The van der Waals surface area contributed by atoms with Crippen molar-refractivity contribution in [3.05, 3.63) is 0 Å². The van der Waals surface area contributed by atoms with Gasteiger partial charge in [-0.25, -0.2) is 0 Å². The first kappa shape index (κ1) is 22.1. The molecular weight excluding hydrogens is 459 g/mol. The number of aliphatic imine (C=N–C) groups is 1. The number of nitrogens with zero attached hydrogens (tertiary/aromatic N) is 2. The van der Waals surface area contributed by atoms with Crippen LogP contribution in [-0.4, -0.2) is 60.0 Å². The molecule has 2 N–H and O–H groups in total. The number of amides is 1. The lowest BCUT2D eigenvalue weighted by Crippen LogP contribution is -2.53. The number of carbonyl (C=O) groups is 1. The van der Waals surface area contributed by atoms with E-state index in [1.54, 1.807) is 0 Å². The standard InChI is InChI=1S/C19H34N4OS.HI/c1-20-18(21-12-9-17(24)22-16-7-3-4-8-16)23-13-14-25-19(15-23)10-5-2-6-11-19;/h16H,2-15H2,1H3,(H,20,21)(H,22,24);1H. The molecule has 5 nitrogen and oxygen atoms in total. The molecule has 1 heterocycles.